The number of pyridine rings is 1. The molecule has 0 fully saturated rings. The van der Waals surface area contributed by atoms with Crippen molar-refractivity contribution in [1.82, 2.24) is 19.3 Å². The van der Waals surface area contributed by atoms with E-state index in [0.717, 1.165) is 47.4 Å². The van der Waals surface area contributed by atoms with Gasteiger partial charge >= 0.3 is 5.97 Å². The second-order valence-corrected chi connectivity index (χ2v) is 16.0. The molecular weight excluding hydrogens is 621 g/mol. The molecule has 8 nitrogen and oxygen atoms in total. The van der Waals surface area contributed by atoms with E-state index < -0.39 is 16.1 Å². The smallest absolute Gasteiger partial charge is 0.305 e. The molecule has 0 bridgehead atoms. The summed E-state index contributed by atoms with van der Waals surface area (Å²) in [7, 11) is -2.20. The molecule has 1 atom stereocenters. The van der Waals surface area contributed by atoms with Crippen LogP contribution in [0.2, 0.25) is 0 Å². The molecule has 0 saturated heterocycles. The zero-order valence-electron chi connectivity index (χ0n) is 30.4. The molecule has 0 radical (unpaired) electrons. The fourth-order valence-corrected chi connectivity index (χ4v) is 7.70. The van der Waals surface area contributed by atoms with Crippen molar-refractivity contribution < 1.29 is 17.9 Å². The number of fused-ring (bicyclic) bond motifs is 1. The molecule has 0 amide bonds. The van der Waals surface area contributed by atoms with Gasteiger partial charge in [-0.15, -0.1) is 0 Å². The number of carbonyl (C=O) groups excluding carboxylic acids is 1. The lowest BCUT2D eigenvalue weighted by Crippen LogP contribution is -2.41. The lowest BCUT2D eigenvalue weighted by Gasteiger charge is -2.28. The first kappa shape index (κ1) is 39.7. The van der Waals surface area contributed by atoms with E-state index in [1.807, 2.05) is 25.1 Å². The monoisotopic (exact) mass is 682 g/mol. The minimum Gasteiger partial charge on any atom is -0.464 e. The lowest BCUT2D eigenvalue weighted by molar-refractivity contribution is -0.145. The number of aromatic nitrogens is 3. The van der Waals surface area contributed by atoms with Gasteiger partial charge in [0.15, 0.2) is 0 Å². The second kappa shape index (κ2) is 21.3. The molecule has 2 aromatic heterocycles. The normalized spacial score (nSPS) is 12.7. The molecule has 0 aliphatic rings. The van der Waals surface area contributed by atoms with Gasteiger partial charge in [-0.2, -0.15) is 4.31 Å². The first-order chi connectivity index (χ1) is 23.1. The highest BCUT2D eigenvalue weighted by Crippen LogP contribution is 2.23. The topological polar surface area (TPSA) is 105 Å². The molecule has 48 heavy (non-hydrogen) atoms. The number of sulfonamides is 1. The average Bonchev–Trinajstić information content (AvgIpc) is 3.45. The largest absolute Gasteiger partial charge is 0.464 e. The maximum atomic E-state index is 13.6. The molecule has 2 heterocycles. The molecule has 0 aliphatic heterocycles. The highest BCUT2D eigenvalue weighted by Gasteiger charge is 2.29. The predicted octanol–water partition coefficient (Wildman–Crippen LogP) is 9.70. The van der Waals surface area contributed by atoms with Crippen molar-refractivity contribution in [1.29, 1.82) is 0 Å². The average molecular weight is 683 g/mol. The number of nitrogens with one attached hydrogen (secondary N) is 1. The SMILES string of the molecule is CCCCCCCCCCCCCCCCCC(=O)OC[C@H](CC(C)C)N(C)S(=O)(=O)c1ccc(Cc2nccc3[nH]c(C)nc23)cc1. The third-order valence-corrected chi connectivity index (χ3v) is 11.2. The van der Waals surface area contributed by atoms with Gasteiger partial charge in [0.25, 0.3) is 0 Å². The summed E-state index contributed by atoms with van der Waals surface area (Å²) < 4.78 is 34.3. The van der Waals surface area contributed by atoms with E-state index in [1.54, 1.807) is 25.4 Å². The van der Waals surface area contributed by atoms with Crippen LogP contribution in [0.5, 0.6) is 0 Å². The van der Waals surface area contributed by atoms with Crippen LogP contribution in [0.15, 0.2) is 41.4 Å². The van der Waals surface area contributed by atoms with E-state index in [2.05, 4.69) is 35.7 Å². The van der Waals surface area contributed by atoms with Crippen molar-refractivity contribution in [3.8, 4) is 0 Å². The van der Waals surface area contributed by atoms with Crippen LogP contribution in [0, 0.1) is 12.8 Å². The molecule has 0 aliphatic carbocycles. The number of esters is 1. The molecule has 1 aromatic carbocycles. The molecule has 0 unspecified atom stereocenters. The van der Waals surface area contributed by atoms with Crippen LogP contribution in [0.25, 0.3) is 11.0 Å². The van der Waals surface area contributed by atoms with Crippen LogP contribution in [0.3, 0.4) is 0 Å². The molecule has 268 valence electrons. The van der Waals surface area contributed by atoms with Crippen LogP contribution >= 0.6 is 0 Å². The fourth-order valence-electron chi connectivity index (χ4n) is 6.35. The Morgan fingerprint density at radius 1 is 0.854 bits per heavy atom. The van der Waals surface area contributed by atoms with Crippen molar-refractivity contribution in [2.24, 2.45) is 5.92 Å². The Morgan fingerprint density at radius 3 is 1.98 bits per heavy atom. The van der Waals surface area contributed by atoms with E-state index in [9.17, 15) is 13.2 Å². The van der Waals surface area contributed by atoms with Crippen molar-refractivity contribution >= 4 is 27.0 Å². The zero-order chi connectivity index (χ0) is 34.8. The number of aromatic amines is 1. The van der Waals surface area contributed by atoms with E-state index in [4.69, 9.17) is 4.74 Å². The molecule has 0 spiro atoms. The standard InChI is InChI=1S/C39H62N4O4S/c1-6-7-8-9-10-11-12-13-14-15-16-17-18-19-20-21-38(44)47-30-34(28-31(2)3)43(5)48(45,46)35-24-22-33(23-25-35)29-37-39-36(26-27-40-37)41-32(4)42-39/h22-27,31,34H,6-21,28-30H2,1-5H3,(H,41,42)/t34-/m0/s1. The molecule has 9 heteroatoms. The van der Waals surface area contributed by atoms with E-state index in [-0.39, 0.29) is 23.4 Å². The number of ether oxygens (including phenoxy) is 1. The number of H-pyrrole nitrogens is 1. The Labute approximate surface area is 290 Å². The number of rotatable bonds is 25. The van der Waals surface area contributed by atoms with Gasteiger partial charge in [0.1, 0.15) is 17.9 Å². The minimum atomic E-state index is -3.79. The number of likely N-dealkylation sites (N-methyl/N-ethyl adjacent to an activating group) is 1. The highest BCUT2D eigenvalue weighted by atomic mass is 32.2. The molecule has 0 saturated carbocycles. The number of nitrogens with zero attached hydrogens (tertiary/aromatic N) is 3. The van der Waals surface area contributed by atoms with E-state index in [0.29, 0.717) is 19.3 Å². The summed E-state index contributed by atoms with van der Waals surface area (Å²) in [4.78, 5) is 25.1. The van der Waals surface area contributed by atoms with Gasteiger partial charge in [-0.3, -0.25) is 9.78 Å². The lowest BCUT2D eigenvalue weighted by atomic mass is 10.0. The quantitative estimate of drug-likeness (QED) is 0.0705. The molecule has 3 aromatic rings. The van der Waals surface area contributed by atoms with Crippen LogP contribution in [0.4, 0.5) is 0 Å². The van der Waals surface area contributed by atoms with E-state index in [1.165, 1.54) is 81.4 Å². The summed E-state index contributed by atoms with van der Waals surface area (Å²) in [6.45, 7) is 8.34. The summed E-state index contributed by atoms with van der Waals surface area (Å²) >= 11 is 0. The minimum absolute atomic E-state index is 0.0579. The number of carbonyl (C=O) groups is 1. The molecule has 3 rings (SSSR count). The van der Waals surface area contributed by atoms with Gasteiger partial charge in [-0.05, 0) is 49.4 Å². The van der Waals surface area contributed by atoms with Crippen LogP contribution in [-0.4, -0.2) is 53.3 Å². The van der Waals surface area contributed by atoms with Gasteiger partial charge in [0, 0.05) is 26.1 Å². The van der Waals surface area contributed by atoms with Crippen LogP contribution in [-0.2, 0) is 26.0 Å². The number of benzene rings is 1. The Morgan fingerprint density at radius 2 is 1.42 bits per heavy atom. The summed E-state index contributed by atoms with van der Waals surface area (Å²) in [5.41, 5.74) is 3.55. The number of unbranched alkanes of at least 4 members (excludes halogenated alkanes) is 14. The van der Waals surface area contributed by atoms with Crippen LogP contribution < -0.4 is 0 Å². The molecule has 1 N–H and O–H groups in total. The number of imidazole rings is 1. The van der Waals surface area contributed by atoms with Crippen molar-refractivity contribution in [2.45, 2.75) is 154 Å². The van der Waals surface area contributed by atoms with Crippen molar-refractivity contribution in [3.05, 3.63) is 53.6 Å². The predicted molar refractivity (Wildman–Crippen MR) is 197 cm³/mol. The Balaban J connectivity index is 1.37. The van der Waals surface area contributed by atoms with Gasteiger partial charge in [-0.1, -0.05) is 123 Å². The summed E-state index contributed by atoms with van der Waals surface area (Å²) in [6, 6.07) is 8.41. The third kappa shape index (κ3) is 13.6. The van der Waals surface area contributed by atoms with Gasteiger partial charge in [-0.25, -0.2) is 13.4 Å². The first-order valence-corrected chi connectivity index (χ1v) is 20.1. The Hall–Kier alpha value is -2.78. The first-order valence-electron chi connectivity index (χ1n) is 18.6. The molecular formula is C39H62N4O4S. The Kier molecular flexibility index (Phi) is 17.6. The zero-order valence-corrected chi connectivity index (χ0v) is 31.3. The number of aryl methyl sites for hydroxylation is 1. The number of hydrogen-bond acceptors (Lipinski definition) is 6. The maximum Gasteiger partial charge on any atom is 0.305 e. The van der Waals surface area contributed by atoms with Crippen LogP contribution in [0.1, 0.15) is 147 Å². The van der Waals surface area contributed by atoms with Gasteiger partial charge < -0.3 is 9.72 Å². The van der Waals surface area contributed by atoms with Crippen molar-refractivity contribution in [3.63, 3.8) is 0 Å². The highest BCUT2D eigenvalue weighted by molar-refractivity contribution is 7.89. The third-order valence-electron chi connectivity index (χ3n) is 9.25. The number of hydrogen-bond donors (Lipinski definition) is 1. The summed E-state index contributed by atoms with van der Waals surface area (Å²) in [5.74, 6) is 0.824. The van der Waals surface area contributed by atoms with E-state index >= 15 is 0 Å². The van der Waals surface area contributed by atoms with Gasteiger partial charge in [0.05, 0.1) is 22.1 Å². The summed E-state index contributed by atoms with van der Waals surface area (Å²) in [6.07, 6.45) is 22.5. The van der Waals surface area contributed by atoms with Crippen molar-refractivity contribution in [2.75, 3.05) is 13.7 Å². The summed E-state index contributed by atoms with van der Waals surface area (Å²) in [5, 5.41) is 0. The second-order valence-electron chi connectivity index (χ2n) is 14.0. The van der Waals surface area contributed by atoms with Gasteiger partial charge in [0.2, 0.25) is 10.0 Å². The maximum absolute atomic E-state index is 13.6. The fraction of sp³-hybridized carbons (Fsp3) is 0.667. The Bertz CT molecular complexity index is 1450.